The molecule has 0 radical (unpaired) electrons. The number of anilines is 1. The van der Waals surface area contributed by atoms with Crippen LogP contribution in [0.4, 0.5) is 5.00 Å². The van der Waals surface area contributed by atoms with Crippen molar-refractivity contribution in [2.45, 2.75) is 33.1 Å². The van der Waals surface area contributed by atoms with E-state index < -0.39 is 5.91 Å². The van der Waals surface area contributed by atoms with E-state index in [1.807, 2.05) is 48.0 Å². The Hall–Kier alpha value is -2.97. The number of para-hydroxylation sites is 1. The maximum absolute atomic E-state index is 13.1. The van der Waals surface area contributed by atoms with Crippen LogP contribution in [0.15, 0.2) is 36.4 Å². The van der Waals surface area contributed by atoms with Gasteiger partial charge in [-0.3, -0.25) is 9.59 Å². The van der Waals surface area contributed by atoms with Gasteiger partial charge in [0.15, 0.2) is 0 Å². The standard InChI is InChI=1S/C23H22N4O2S2/c1-12-8-9-15-17(10-12)30-22(19(15)20(24)28)25-21(29)18-11-16-13(2)26-27(23(16)31-18)14-6-4-3-5-7-14/h3-7,11-12H,8-10H2,1-2H3,(H2,24,28)(H,25,29)/t12-/m0/s1. The molecule has 0 bridgehead atoms. The number of nitrogens with zero attached hydrogens (tertiary/aromatic N) is 2. The first-order chi connectivity index (χ1) is 14.9. The van der Waals surface area contributed by atoms with Crippen molar-refractivity contribution in [3.63, 3.8) is 0 Å². The lowest BCUT2D eigenvalue weighted by molar-refractivity contribution is 0.1000. The van der Waals surface area contributed by atoms with Crippen LogP contribution in [0.2, 0.25) is 0 Å². The van der Waals surface area contributed by atoms with Crippen LogP contribution in [0.25, 0.3) is 15.9 Å². The van der Waals surface area contributed by atoms with Crippen molar-refractivity contribution in [2.75, 3.05) is 5.32 Å². The third-order valence-electron chi connectivity index (χ3n) is 5.75. The smallest absolute Gasteiger partial charge is 0.266 e. The zero-order valence-corrected chi connectivity index (χ0v) is 18.9. The van der Waals surface area contributed by atoms with Crippen molar-refractivity contribution in [3.8, 4) is 5.69 Å². The van der Waals surface area contributed by atoms with Gasteiger partial charge in [0.2, 0.25) is 0 Å². The topological polar surface area (TPSA) is 90.0 Å². The number of amides is 2. The summed E-state index contributed by atoms with van der Waals surface area (Å²) in [5, 5.41) is 9.12. The van der Waals surface area contributed by atoms with Crippen molar-refractivity contribution in [1.82, 2.24) is 9.78 Å². The lowest BCUT2D eigenvalue weighted by Gasteiger charge is -2.18. The molecule has 0 unspecified atom stereocenters. The number of nitrogens with one attached hydrogen (secondary N) is 1. The highest BCUT2D eigenvalue weighted by atomic mass is 32.1. The van der Waals surface area contributed by atoms with Crippen molar-refractivity contribution >= 4 is 49.7 Å². The van der Waals surface area contributed by atoms with E-state index in [9.17, 15) is 9.59 Å². The largest absolute Gasteiger partial charge is 0.365 e. The maximum Gasteiger partial charge on any atom is 0.266 e. The van der Waals surface area contributed by atoms with E-state index in [4.69, 9.17) is 5.73 Å². The van der Waals surface area contributed by atoms with E-state index in [1.165, 1.54) is 22.7 Å². The Kier molecular flexibility index (Phi) is 4.91. The quantitative estimate of drug-likeness (QED) is 0.462. The molecule has 8 heteroatoms. The lowest BCUT2D eigenvalue weighted by Crippen LogP contribution is -2.19. The number of hydrogen-bond donors (Lipinski definition) is 2. The number of fused-ring (bicyclic) bond motifs is 2. The summed E-state index contributed by atoms with van der Waals surface area (Å²) in [4.78, 5) is 27.9. The highest BCUT2D eigenvalue weighted by Crippen LogP contribution is 2.40. The molecule has 3 heterocycles. The van der Waals surface area contributed by atoms with Crippen LogP contribution in [0.3, 0.4) is 0 Å². The minimum Gasteiger partial charge on any atom is -0.365 e. The molecule has 1 aliphatic carbocycles. The number of carbonyl (C=O) groups excluding carboxylic acids is 2. The van der Waals surface area contributed by atoms with Gasteiger partial charge in [0.25, 0.3) is 11.8 Å². The molecule has 2 amide bonds. The number of aryl methyl sites for hydroxylation is 1. The molecule has 3 N–H and O–H groups in total. The zero-order valence-electron chi connectivity index (χ0n) is 17.3. The van der Waals surface area contributed by atoms with Gasteiger partial charge in [0.1, 0.15) is 9.83 Å². The van der Waals surface area contributed by atoms with Crippen molar-refractivity contribution in [1.29, 1.82) is 0 Å². The Labute approximate surface area is 187 Å². The predicted octanol–water partition coefficient (Wildman–Crippen LogP) is 4.93. The number of thiophene rings is 2. The van der Waals surface area contributed by atoms with Gasteiger partial charge in [-0.1, -0.05) is 25.1 Å². The molecule has 0 spiro atoms. The molecule has 3 aromatic heterocycles. The molecule has 4 aromatic rings. The summed E-state index contributed by atoms with van der Waals surface area (Å²) in [5.41, 5.74) is 9.00. The fraction of sp³-hybridized carbons (Fsp3) is 0.261. The van der Waals surface area contributed by atoms with Gasteiger partial charge in [-0.2, -0.15) is 5.10 Å². The zero-order chi connectivity index (χ0) is 21.7. The van der Waals surface area contributed by atoms with Crippen LogP contribution in [0.5, 0.6) is 0 Å². The van der Waals surface area contributed by atoms with E-state index in [-0.39, 0.29) is 5.91 Å². The monoisotopic (exact) mass is 450 g/mol. The fourth-order valence-electron chi connectivity index (χ4n) is 4.17. The van der Waals surface area contributed by atoms with Crippen LogP contribution < -0.4 is 11.1 Å². The molecule has 1 aliphatic rings. The van der Waals surface area contributed by atoms with Crippen LogP contribution in [0, 0.1) is 12.8 Å². The van der Waals surface area contributed by atoms with E-state index in [1.54, 1.807) is 0 Å². The van der Waals surface area contributed by atoms with Crippen LogP contribution in [0.1, 0.15) is 49.5 Å². The molecule has 6 nitrogen and oxygen atoms in total. The SMILES string of the molecule is Cc1nn(-c2ccccc2)c2sc(C(=O)Nc3sc4c(c3C(N)=O)CC[C@H](C)C4)cc12. The normalized spacial score (nSPS) is 15.7. The van der Waals surface area contributed by atoms with Crippen LogP contribution in [-0.4, -0.2) is 21.6 Å². The van der Waals surface area contributed by atoms with Crippen LogP contribution >= 0.6 is 22.7 Å². The number of rotatable bonds is 4. The molecule has 5 rings (SSSR count). The number of nitrogens with two attached hydrogens (primary N) is 1. The van der Waals surface area contributed by atoms with Gasteiger partial charge >= 0.3 is 0 Å². The van der Waals surface area contributed by atoms with Crippen LogP contribution in [-0.2, 0) is 12.8 Å². The molecule has 0 fully saturated rings. The number of carbonyl (C=O) groups is 2. The van der Waals surface area contributed by atoms with Crippen molar-refractivity contribution in [2.24, 2.45) is 11.7 Å². The third-order valence-corrected chi connectivity index (χ3v) is 8.03. The first kappa shape index (κ1) is 20.0. The Balaban J connectivity index is 1.50. The third kappa shape index (κ3) is 3.45. The number of benzene rings is 1. The summed E-state index contributed by atoms with van der Waals surface area (Å²) in [5.74, 6) is -0.134. The summed E-state index contributed by atoms with van der Waals surface area (Å²) in [6.07, 6.45) is 2.78. The second-order valence-corrected chi connectivity index (χ2v) is 10.2. The molecular formula is C23H22N4O2S2. The van der Waals surface area contributed by atoms with Crippen molar-refractivity contribution in [3.05, 3.63) is 63.0 Å². The molecule has 31 heavy (non-hydrogen) atoms. The average molecular weight is 451 g/mol. The first-order valence-electron chi connectivity index (χ1n) is 10.2. The summed E-state index contributed by atoms with van der Waals surface area (Å²) >= 11 is 2.88. The Morgan fingerprint density at radius 1 is 1.23 bits per heavy atom. The first-order valence-corrected chi connectivity index (χ1v) is 11.9. The van der Waals surface area contributed by atoms with Gasteiger partial charge < -0.3 is 11.1 Å². The Bertz CT molecular complexity index is 1320. The number of aromatic nitrogens is 2. The number of primary amides is 1. The Morgan fingerprint density at radius 2 is 2.00 bits per heavy atom. The second kappa shape index (κ2) is 7.62. The maximum atomic E-state index is 13.1. The average Bonchev–Trinajstić information content (AvgIpc) is 3.41. The van der Waals surface area contributed by atoms with Crippen molar-refractivity contribution < 1.29 is 9.59 Å². The van der Waals surface area contributed by atoms with Gasteiger partial charge in [-0.05, 0) is 55.9 Å². The molecule has 0 saturated carbocycles. The summed E-state index contributed by atoms with van der Waals surface area (Å²) in [6, 6.07) is 11.7. The highest BCUT2D eigenvalue weighted by Gasteiger charge is 2.28. The number of hydrogen-bond acceptors (Lipinski definition) is 5. The minimum atomic E-state index is -0.478. The summed E-state index contributed by atoms with van der Waals surface area (Å²) < 4.78 is 1.87. The molecule has 0 saturated heterocycles. The Morgan fingerprint density at radius 3 is 2.74 bits per heavy atom. The van der Waals surface area contributed by atoms with E-state index >= 15 is 0 Å². The van der Waals surface area contributed by atoms with E-state index in [0.29, 0.717) is 21.4 Å². The van der Waals surface area contributed by atoms with Gasteiger partial charge in [-0.25, -0.2) is 4.68 Å². The van der Waals surface area contributed by atoms with Gasteiger partial charge in [0.05, 0.1) is 21.8 Å². The molecular weight excluding hydrogens is 428 g/mol. The molecule has 1 aromatic carbocycles. The summed E-state index contributed by atoms with van der Waals surface area (Å²) in [7, 11) is 0. The second-order valence-electron chi connectivity index (χ2n) is 8.04. The fourth-order valence-corrected chi connectivity index (χ4v) is 6.66. The molecule has 0 aliphatic heterocycles. The predicted molar refractivity (Wildman–Crippen MR) is 126 cm³/mol. The lowest BCUT2D eigenvalue weighted by atomic mass is 9.88. The van der Waals surface area contributed by atoms with E-state index in [2.05, 4.69) is 17.3 Å². The van der Waals surface area contributed by atoms with Gasteiger partial charge in [-0.15, -0.1) is 22.7 Å². The summed E-state index contributed by atoms with van der Waals surface area (Å²) in [6.45, 7) is 4.15. The highest BCUT2D eigenvalue weighted by molar-refractivity contribution is 7.21. The van der Waals surface area contributed by atoms with Gasteiger partial charge in [0, 0.05) is 10.3 Å². The van der Waals surface area contributed by atoms with E-state index in [0.717, 1.165) is 51.3 Å². The minimum absolute atomic E-state index is 0.227. The molecule has 1 atom stereocenters. The molecule has 158 valence electrons.